The number of anilines is 2. The minimum Gasteiger partial charge on any atom is -0.497 e. The van der Waals surface area contributed by atoms with E-state index in [1.807, 2.05) is 6.92 Å². The Morgan fingerprint density at radius 3 is 2.23 bits per heavy atom. The third-order valence-electron chi connectivity index (χ3n) is 7.43. The van der Waals surface area contributed by atoms with E-state index in [1.54, 1.807) is 45.3 Å². The van der Waals surface area contributed by atoms with E-state index in [4.69, 9.17) is 14.2 Å². The largest absolute Gasteiger partial charge is 0.497 e. The molecule has 44 heavy (non-hydrogen) atoms. The molecule has 3 amide bonds. The number of carbonyl (C=O) groups is 2. The van der Waals surface area contributed by atoms with Gasteiger partial charge in [0.05, 0.1) is 43.9 Å². The van der Waals surface area contributed by atoms with Gasteiger partial charge in [-0.25, -0.2) is 13.2 Å². The van der Waals surface area contributed by atoms with Gasteiger partial charge in [0.2, 0.25) is 0 Å². The molecule has 0 bridgehead atoms. The zero-order valence-electron chi connectivity index (χ0n) is 25.3. The molecule has 13 heteroatoms. The van der Waals surface area contributed by atoms with Crippen LogP contribution in [-0.2, 0) is 10.0 Å². The number of rotatable bonds is 10. The van der Waals surface area contributed by atoms with Crippen molar-refractivity contribution >= 4 is 33.3 Å². The van der Waals surface area contributed by atoms with Gasteiger partial charge in [-0.2, -0.15) is 0 Å². The standard InChI is InChI=1S/C31H38N4O8S/c1-20-17-35(21(2)19-36)30(37)27-16-23(33-44(39,40)26-13-11-25(42-5)12-14-26)8-15-28(27)43-29(20)18-34(3)31(38)32-22-6-9-24(41-4)10-7-22/h6-16,20-21,29,33,36H,17-19H2,1-5H3,(H,32,38)/t20-,21+,29-/m1/s1. The lowest BCUT2D eigenvalue weighted by Gasteiger charge is -2.38. The number of aliphatic hydroxyl groups is 1. The van der Waals surface area contributed by atoms with Crippen molar-refractivity contribution in [3.63, 3.8) is 0 Å². The summed E-state index contributed by atoms with van der Waals surface area (Å²) < 4.78 is 45.3. The van der Waals surface area contributed by atoms with Gasteiger partial charge < -0.3 is 34.4 Å². The molecule has 0 radical (unpaired) electrons. The van der Waals surface area contributed by atoms with Gasteiger partial charge in [-0.05, 0) is 73.7 Å². The maximum Gasteiger partial charge on any atom is 0.321 e. The van der Waals surface area contributed by atoms with Crippen molar-refractivity contribution in [2.24, 2.45) is 5.92 Å². The van der Waals surface area contributed by atoms with Gasteiger partial charge in [0.25, 0.3) is 15.9 Å². The number of urea groups is 1. The van der Waals surface area contributed by atoms with Crippen LogP contribution < -0.4 is 24.2 Å². The lowest BCUT2D eigenvalue weighted by Crippen LogP contribution is -2.50. The van der Waals surface area contributed by atoms with Crippen LogP contribution >= 0.6 is 0 Å². The molecular weight excluding hydrogens is 588 g/mol. The Kier molecular flexibility index (Phi) is 10.2. The molecular formula is C31H38N4O8S. The molecule has 0 spiro atoms. The molecule has 0 saturated heterocycles. The Morgan fingerprint density at radius 2 is 1.64 bits per heavy atom. The quantitative estimate of drug-likeness (QED) is 0.307. The zero-order valence-corrected chi connectivity index (χ0v) is 26.1. The summed E-state index contributed by atoms with van der Waals surface area (Å²) in [6, 6.07) is 16.4. The predicted molar refractivity (Wildman–Crippen MR) is 166 cm³/mol. The first-order valence-electron chi connectivity index (χ1n) is 14.0. The van der Waals surface area contributed by atoms with Crippen molar-refractivity contribution < 1.29 is 37.3 Å². The number of fused-ring (bicyclic) bond motifs is 1. The fourth-order valence-electron chi connectivity index (χ4n) is 4.72. The number of amides is 3. The van der Waals surface area contributed by atoms with E-state index in [0.29, 0.717) is 17.2 Å². The number of hydrogen-bond donors (Lipinski definition) is 3. The van der Waals surface area contributed by atoms with Gasteiger partial charge in [0.1, 0.15) is 23.4 Å². The average molecular weight is 627 g/mol. The van der Waals surface area contributed by atoms with E-state index in [2.05, 4.69) is 10.0 Å². The summed E-state index contributed by atoms with van der Waals surface area (Å²) in [7, 11) is 0.716. The number of nitrogens with zero attached hydrogens (tertiary/aromatic N) is 2. The van der Waals surface area contributed by atoms with Crippen molar-refractivity contribution in [2.45, 2.75) is 30.9 Å². The Labute approximate surface area is 257 Å². The van der Waals surface area contributed by atoms with Crippen LogP contribution in [0.2, 0.25) is 0 Å². The van der Waals surface area contributed by atoms with Gasteiger partial charge in [0.15, 0.2) is 0 Å². The highest BCUT2D eigenvalue weighted by molar-refractivity contribution is 7.92. The first-order chi connectivity index (χ1) is 20.9. The van der Waals surface area contributed by atoms with Crippen LogP contribution in [0, 0.1) is 5.92 Å². The molecule has 1 heterocycles. The van der Waals surface area contributed by atoms with Crippen LogP contribution in [-0.4, -0.2) is 88.4 Å². The molecule has 3 aromatic rings. The third kappa shape index (κ3) is 7.53. The number of nitrogens with one attached hydrogen (secondary N) is 2. The van der Waals surface area contributed by atoms with E-state index >= 15 is 0 Å². The summed E-state index contributed by atoms with van der Waals surface area (Å²) in [4.78, 5) is 29.8. The maximum atomic E-state index is 13.7. The third-order valence-corrected chi connectivity index (χ3v) is 8.83. The molecule has 1 aliphatic heterocycles. The number of benzene rings is 3. The molecule has 12 nitrogen and oxygen atoms in total. The lowest BCUT2D eigenvalue weighted by atomic mass is 9.99. The number of aliphatic hydroxyl groups excluding tert-OH is 1. The number of likely N-dealkylation sites (N-methyl/N-ethyl adjacent to an activating group) is 1. The Morgan fingerprint density at radius 1 is 1.05 bits per heavy atom. The Bertz CT molecular complexity index is 1560. The van der Waals surface area contributed by atoms with Gasteiger partial charge in [0, 0.05) is 30.9 Å². The normalized spacial score (nSPS) is 17.3. The van der Waals surface area contributed by atoms with Crippen LogP contribution in [0.5, 0.6) is 17.2 Å². The SMILES string of the molecule is COc1ccc(NC(=O)N(C)C[C@H]2Oc3ccc(NS(=O)(=O)c4ccc(OC)cc4)cc3C(=O)N([C@@H](C)CO)C[C@H]2C)cc1. The molecule has 3 aromatic carbocycles. The second kappa shape index (κ2) is 13.9. The highest BCUT2D eigenvalue weighted by atomic mass is 32.2. The van der Waals surface area contributed by atoms with Crippen LogP contribution in [0.4, 0.5) is 16.2 Å². The smallest absolute Gasteiger partial charge is 0.321 e. The van der Waals surface area contributed by atoms with Crippen LogP contribution in [0.3, 0.4) is 0 Å². The maximum absolute atomic E-state index is 13.7. The van der Waals surface area contributed by atoms with E-state index in [-0.39, 0.29) is 53.5 Å². The average Bonchev–Trinajstić information content (AvgIpc) is 3.02. The first-order valence-corrected chi connectivity index (χ1v) is 15.5. The number of hydrogen-bond acceptors (Lipinski definition) is 8. The minimum atomic E-state index is -3.98. The first kappa shape index (κ1) is 32.4. The fraction of sp³-hybridized carbons (Fsp3) is 0.355. The molecule has 1 aliphatic rings. The second-order valence-corrected chi connectivity index (χ2v) is 12.3. The van der Waals surface area contributed by atoms with Gasteiger partial charge in [-0.1, -0.05) is 6.92 Å². The minimum absolute atomic E-state index is 0.0213. The predicted octanol–water partition coefficient (Wildman–Crippen LogP) is 3.89. The molecule has 0 saturated carbocycles. The molecule has 0 aromatic heterocycles. The highest BCUT2D eigenvalue weighted by Crippen LogP contribution is 2.31. The summed E-state index contributed by atoms with van der Waals surface area (Å²) >= 11 is 0. The summed E-state index contributed by atoms with van der Waals surface area (Å²) in [5.74, 6) is 0.768. The number of ether oxygens (including phenoxy) is 3. The van der Waals surface area contributed by atoms with Crippen molar-refractivity contribution in [3.05, 3.63) is 72.3 Å². The summed E-state index contributed by atoms with van der Waals surface area (Å²) in [6.45, 7) is 3.79. The molecule has 0 fully saturated rings. The molecule has 3 atom stereocenters. The lowest BCUT2D eigenvalue weighted by molar-refractivity contribution is 0.0371. The molecule has 4 rings (SSSR count). The number of methoxy groups -OCH3 is 2. The van der Waals surface area contributed by atoms with Gasteiger partial charge >= 0.3 is 6.03 Å². The van der Waals surface area contributed by atoms with E-state index in [9.17, 15) is 23.1 Å². The van der Waals surface area contributed by atoms with Gasteiger partial charge in [-0.3, -0.25) is 9.52 Å². The van der Waals surface area contributed by atoms with Crippen molar-refractivity contribution in [1.82, 2.24) is 9.80 Å². The van der Waals surface area contributed by atoms with E-state index in [1.165, 1.54) is 59.4 Å². The summed E-state index contributed by atoms with van der Waals surface area (Å²) in [6.07, 6.45) is -0.538. The van der Waals surface area contributed by atoms with Crippen LogP contribution in [0.1, 0.15) is 24.2 Å². The highest BCUT2D eigenvalue weighted by Gasteiger charge is 2.34. The number of carbonyl (C=O) groups excluding carboxylic acids is 2. The second-order valence-electron chi connectivity index (χ2n) is 10.7. The Balaban J connectivity index is 1.59. The Hall–Kier alpha value is -4.49. The summed E-state index contributed by atoms with van der Waals surface area (Å²) in [5.41, 5.74) is 0.884. The van der Waals surface area contributed by atoms with Crippen LogP contribution in [0.15, 0.2) is 71.6 Å². The number of sulfonamides is 1. The molecule has 236 valence electrons. The zero-order chi connectivity index (χ0) is 32.0. The monoisotopic (exact) mass is 626 g/mol. The van der Waals surface area contributed by atoms with Crippen molar-refractivity contribution in [2.75, 3.05) is 51.0 Å². The van der Waals surface area contributed by atoms with Crippen molar-refractivity contribution in [3.8, 4) is 17.2 Å². The fourth-order valence-corrected chi connectivity index (χ4v) is 5.77. The summed E-state index contributed by atoms with van der Waals surface area (Å²) in [5, 5.41) is 12.8. The molecule has 0 aliphatic carbocycles. The van der Waals surface area contributed by atoms with Crippen LogP contribution in [0.25, 0.3) is 0 Å². The van der Waals surface area contributed by atoms with Crippen molar-refractivity contribution in [1.29, 1.82) is 0 Å². The van der Waals surface area contributed by atoms with E-state index < -0.39 is 28.1 Å². The van der Waals surface area contributed by atoms with Gasteiger partial charge in [-0.15, -0.1) is 0 Å². The topological polar surface area (TPSA) is 147 Å². The molecule has 0 unspecified atom stereocenters. The van der Waals surface area contributed by atoms with E-state index in [0.717, 1.165) is 0 Å². The molecule has 3 N–H and O–H groups in total.